The maximum absolute atomic E-state index is 13.2. The van der Waals surface area contributed by atoms with Crippen molar-refractivity contribution in [2.45, 2.75) is 42.7 Å². The molecule has 2 aliphatic rings. The Bertz CT molecular complexity index is 3410. The van der Waals surface area contributed by atoms with Crippen LogP contribution in [0.3, 0.4) is 0 Å². The number of nitrogen functional groups attached to an aromatic ring is 2. The number of rotatable bonds is 14. The maximum Gasteiger partial charge on any atom is 0.338 e. The van der Waals surface area contributed by atoms with E-state index < -0.39 is 23.8 Å². The lowest BCUT2D eigenvalue weighted by Crippen LogP contribution is -2.27. The predicted molar refractivity (Wildman–Crippen MR) is 298 cm³/mol. The summed E-state index contributed by atoms with van der Waals surface area (Å²) in [6, 6.07) is 37.7. The number of carbonyl (C=O) groups is 2. The summed E-state index contributed by atoms with van der Waals surface area (Å²) >= 11 is 4.93. The number of aromatic nitrogens is 2. The lowest BCUT2D eigenvalue weighted by atomic mass is 9.83. The van der Waals surface area contributed by atoms with E-state index in [4.69, 9.17) is 47.0 Å². The summed E-state index contributed by atoms with van der Waals surface area (Å²) in [6.07, 6.45) is 0. The number of pyridine rings is 2. The number of benzene rings is 2. The molecule has 0 saturated heterocycles. The average molecular weight is 1130 g/mol. The summed E-state index contributed by atoms with van der Waals surface area (Å²) in [7, 11) is 0. The first kappa shape index (κ1) is 58.7. The summed E-state index contributed by atoms with van der Waals surface area (Å²) in [4.78, 5) is 36.4. The molecule has 19 nitrogen and oxygen atoms in total. The highest BCUT2D eigenvalue weighted by Crippen LogP contribution is 2.45. The van der Waals surface area contributed by atoms with E-state index >= 15 is 0 Å². The van der Waals surface area contributed by atoms with E-state index in [9.17, 15) is 41.2 Å². The third-order valence-corrected chi connectivity index (χ3v) is 15.0. The van der Waals surface area contributed by atoms with E-state index in [0.29, 0.717) is 32.0 Å². The second kappa shape index (κ2) is 28.0. The first-order chi connectivity index (χ1) is 38.3. The highest BCUT2D eigenvalue weighted by molar-refractivity contribution is 7.99. The molecule has 6 aromatic rings. The van der Waals surface area contributed by atoms with Crippen molar-refractivity contribution in [1.29, 1.82) is 31.6 Å². The maximum atomic E-state index is 13.2. The number of nitrogens with two attached hydrogens (primary N) is 4. The first-order valence-electron chi connectivity index (χ1n) is 23.6. The Kier molecular flexibility index (Phi) is 20.8. The third kappa shape index (κ3) is 13.0. The number of hydrogen-bond acceptors (Lipinski definition) is 23. The van der Waals surface area contributed by atoms with Gasteiger partial charge < -0.3 is 47.0 Å². The van der Waals surface area contributed by atoms with Crippen molar-refractivity contribution in [3.63, 3.8) is 0 Å². The average Bonchev–Trinajstić information content (AvgIpc) is 4.21. The Balaban J connectivity index is 0.000000243. The molecule has 0 spiro atoms. The van der Waals surface area contributed by atoms with Gasteiger partial charge in [0.05, 0.1) is 58.8 Å². The van der Waals surface area contributed by atoms with Crippen LogP contribution in [-0.4, -0.2) is 58.3 Å². The fraction of sp³-hybridized carbons (Fsp3) is 0.179. The van der Waals surface area contributed by atoms with Gasteiger partial charge in [-0.1, -0.05) is 96.3 Å². The zero-order valence-electron chi connectivity index (χ0n) is 42.3. The van der Waals surface area contributed by atoms with Crippen molar-refractivity contribution in [3.05, 3.63) is 175 Å². The number of nitriles is 6. The van der Waals surface area contributed by atoms with Crippen LogP contribution in [0.25, 0.3) is 20.9 Å². The third-order valence-electron chi connectivity index (χ3n) is 11.3. The number of thioether (sulfide) groups is 2. The molecule has 2 aliphatic heterocycles. The summed E-state index contributed by atoms with van der Waals surface area (Å²) in [5.74, 6) is -2.81. The van der Waals surface area contributed by atoms with E-state index in [1.807, 2.05) is 47.2 Å². The van der Waals surface area contributed by atoms with Gasteiger partial charge in [-0.15, -0.1) is 22.7 Å². The Morgan fingerprint density at radius 1 is 0.570 bits per heavy atom. The van der Waals surface area contributed by atoms with Gasteiger partial charge in [0, 0.05) is 27.5 Å². The Labute approximate surface area is 471 Å². The molecular weight excluding hydrogens is 1080 g/mol. The molecule has 396 valence electrons. The zero-order valence-corrected chi connectivity index (χ0v) is 45.6. The predicted octanol–water partition coefficient (Wildman–Crippen LogP) is 9.10. The molecule has 0 fully saturated rings. The molecule has 23 heteroatoms. The lowest BCUT2D eigenvalue weighted by molar-refractivity contribution is -0.140. The van der Waals surface area contributed by atoms with Gasteiger partial charge in [-0.2, -0.15) is 31.6 Å². The molecule has 0 saturated carbocycles. The molecule has 6 heterocycles. The van der Waals surface area contributed by atoms with Gasteiger partial charge in [0.25, 0.3) is 0 Å². The van der Waals surface area contributed by atoms with Crippen molar-refractivity contribution in [3.8, 4) is 57.3 Å². The van der Waals surface area contributed by atoms with Crippen LogP contribution in [0.4, 0.5) is 11.6 Å². The molecule has 9 N–H and O–H groups in total. The monoisotopic (exact) mass is 1130 g/mol. The minimum atomic E-state index is -0.805. The smallest absolute Gasteiger partial charge is 0.338 e. The number of hydrogen-bond donors (Lipinski definition) is 5. The molecule has 4 aromatic heterocycles. The zero-order chi connectivity index (χ0) is 57.2. The SMILES string of the molecule is CCO.CCOC(=O)C1=C(CSc2nc(N)c(C#N)c(-c3cccs3)c2C#N)OC(N)=C(C#N)C1c1ccccc1.CCOC(=O)C1=C(CSc2nc(N)c(C#N)c(-c3cccs3)c2C#N)OC(N)=C(C#N)C1c1ccccc1. The Hall–Kier alpha value is -9.56. The largest absolute Gasteiger partial charge is 0.463 e. The molecule has 2 atom stereocenters. The quantitative estimate of drug-likeness (QED) is 0.0501. The van der Waals surface area contributed by atoms with Gasteiger partial charge in [-0.25, -0.2) is 19.6 Å². The van der Waals surface area contributed by atoms with E-state index in [2.05, 4.69) is 34.2 Å². The topological polar surface area (TPSA) is 364 Å². The van der Waals surface area contributed by atoms with Crippen LogP contribution in [0.5, 0.6) is 0 Å². The number of aliphatic hydroxyl groups excluding tert-OH is 1. The van der Waals surface area contributed by atoms with Crippen LogP contribution in [0.2, 0.25) is 0 Å². The highest BCUT2D eigenvalue weighted by Gasteiger charge is 2.39. The van der Waals surface area contributed by atoms with Crippen molar-refractivity contribution in [1.82, 2.24) is 9.97 Å². The van der Waals surface area contributed by atoms with Gasteiger partial charge in [0.15, 0.2) is 0 Å². The Morgan fingerprint density at radius 3 is 1.22 bits per heavy atom. The standard InChI is InChI=1S/2C27H20N6O3S2.C2H6O/c2*1-2-35-27(34)23-19(36-25(32)17(12-29)21(23)15-7-4-3-5-8-15)14-38-26-18(13-30)22(20-9-6-10-37-20)16(11-28)24(31)33-26;1-2-3/h2*3-10,21H,2,14,32H2,1H3,(H2,31,33);3H,2H2,1H3. The molecule has 0 bridgehead atoms. The first-order valence-corrected chi connectivity index (χ1v) is 27.3. The molecule has 8 rings (SSSR count). The minimum Gasteiger partial charge on any atom is -0.463 e. The van der Waals surface area contributed by atoms with Crippen molar-refractivity contribution < 1.29 is 33.6 Å². The van der Waals surface area contributed by atoms with Gasteiger partial charge in [0.1, 0.15) is 91.9 Å². The van der Waals surface area contributed by atoms with Crippen molar-refractivity contribution in [2.75, 3.05) is 42.8 Å². The fourth-order valence-corrected chi connectivity index (χ4v) is 11.5. The number of esters is 2. The molecule has 2 aromatic carbocycles. The summed E-state index contributed by atoms with van der Waals surface area (Å²) in [5.41, 5.74) is 27.7. The van der Waals surface area contributed by atoms with Gasteiger partial charge >= 0.3 is 11.9 Å². The van der Waals surface area contributed by atoms with E-state index in [1.165, 1.54) is 22.7 Å². The lowest BCUT2D eigenvalue weighted by Gasteiger charge is -2.28. The number of ether oxygens (including phenoxy) is 4. The molecule has 79 heavy (non-hydrogen) atoms. The summed E-state index contributed by atoms with van der Waals surface area (Å²) in [5, 5.41) is 70.9. The van der Waals surface area contributed by atoms with Gasteiger partial charge in [0.2, 0.25) is 11.8 Å². The van der Waals surface area contributed by atoms with E-state index in [1.54, 1.807) is 81.4 Å². The van der Waals surface area contributed by atoms with E-state index in [-0.39, 0.29) is 121 Å². The van der Waals surface area contributed by atoms with Gasteiger partial charge in [-0.05, 0) is 54.8 Å². The number of thiophene rings is 2. The number of anilines is 2. The summed E-state index contributed by atoms with van der Waals surface area (Å²) in [6.45, 7) is 5.51. The number of nitrogens with zero attached hydrogens (tertiary/aromatic N) is 8. The van der Waals surface area contributed by atoms with Crippen LogP contribution >= 0.6 is 46.2 Å². The molecular formula is C56H46N12O7S4. The van der Waals surface area contributed by atoms with Crippen molar-refractivity contribution >= 4 is 69.8 Å². The number of allylic oxidation sites excluding steroid dienone is 2. The fourth-order valence-electron chi connectivity index (χ4n) is 8.08. The normalized spacial score (nSPS) is 14.4. The minimum absolute atomic E-state index is 0.0186. The van der Waals surface area contributed by atoms with E-state index in [0.717, 1.165) is 23.5 Å². The highest BCUT2D eigenvalue weighted by atomic mass is 32.2. The van der Waals surface area contributed by atoms with Gasteiger partial charge in [-0.3, -0.25) is 0 Å². The molecule has 2 unspecified atom stereocenters. The van der Waals surface area contributed by atoms with Crippen LogP contribution in [0, 0.1) is 68.0 Å². The number of carbonyl (C=O) groups excluding carboxylic acids is 2. The summed E-state index contributed by atoms with van der Waals surface area (Å²) < 4.78 is 22.2. The van der Waals surface area contributed by atoms with Crippen molar-refractivity contribution in [2.24, 2.45) is 11.5 Å². The van der Waals surface area contributed by atoms with Crippen LogP contribution in [-0.2, 0) is 28.5 Å². The van der Waals surface area contributed by atoms with Crippen LogP contribution in [0.1, 0.15) is 66.0 Å². The number of aliphatic hydroxyl groups is 1. The Morgan fingerprint density at radius 2 is 0.924 bits per heavy atom. The van der Waals surface area contributed by atoms with Crippen LogP contribution in [0.15, 0.2) is 151 Å². The second-order valence-corrected chi connectivity index (χ2v) is 19.8. The van der Waals surface area contributed by atoms with Crippen LogP contribution < -0.4 is 22.9 Å². The molecule has 0 radical (unpaired) electrons. The molecule has 0 amide bonds. The molecule has 0 aliphatic carbocycles. The second-order valence-electron chi connectivity index (χ2n) is 15.9.